The van der Waals surface area contributed by atoms with E-state index in [1.807, 2.05) is 0 Å². The summed E-state index contributed by atoms with van der Waals surface area (Å²) in [6, 6.07) is 8.20. The van der Waals surface area contributed by atoms with Crippen molar-refractivity contribution < 1.29 is 18.3 Å². The number of fused-ring (bicyclic) bond motifs is 1. The fourth-order valence-electron chi connectivity index (χ4n) is 4.26. The Kier molecular flexibility index (Phi) is 3.26. The van der Waals surface area contributed by atoms with Crippen LogP contribution in [-0.2, 0) is 14.6 Å². The molecule has 4 nitrogen and oxygen atoms in total. The molecule has 1 N–H and O–H groups in total. The van der Waals surface area contributed by atoms with E-state index in [4.69, 9.17) is 0 Å². The third-order valence-electron chi connectivity index (χ3n) is 5.32. The molecule has 2 saturated carbocycles. The van der Waals surface area contributed by atoms with Crippen molar-refractivity contribution in [1.82, 2.24) is 0 Å². The molecule has 0 unspecified atom stereocenters. The first kappa shape index (κ1) is 14.7. The fraction of sp³-hybridized carbons (Fsp3) is 0.562. The summed E-state index contributed by atoms with van der Waals surface area (Å²) in [5.74, 6) is -0.672. The number of sulfone groups is 1. The van der Waals surface area contributed by atoms with E-state index in [0.29, 0.717) is 12.8 Å². The second kappa shape index (κ2) is 4.65. The SMILES string of the molecule is C[C@@H]1CC(=O)[C@@]2(O)CCCC[C@]12S(=O)(=O)c1ccccc1. The van der Waals surface area contributed by atoms with Crippen LogP contribution in [0.25, 0.3) is 0 Å². The Bertz CT molecular complexity index is 667. The number of hydrogen-bond donors (Lipinski definition) is 1. The molecule has 0 aromatic heterocycles. The zero-order valence-electron chi connectivity index (χ0n) is 12.1. The van der Waals surface area contributed by atoms with E-state index < -0.39 is 20.2 Å². The molecule has 21 heavy (non-hydrogen) atoms. The summed E-state index contributed by atoms with van der Waals surface area (Å²) < 4.78 is 25.1. The Morgan fingerprint density at radius 2 is 1.76 bits per heavy atom. The second-order valence-corrected chi connectivity index (χ2v) is 8.51. The van der Waals surface area contributed by atoms with E-state index in [0.717, 1.165) is 6.42 Å². The van der Waals surface area contributed by atoms with Crippen molar-refractivity contribution in [2.75, 3.05) is 0 Å². The number of rotatable bonds is 2. The lowest BCUT2D eigenvalue weighted by Gasteiger charge is -2.46. The lowest BCUT2D eigenvalue weighted by atomic mass is 9.74. The first-order valence-electron chi connectivity index (χ1n) is 7.41. The summed E-state index contributed by atoms with van der Waals surface area (Å²) in [5.41, 5.74) is -1.72. The Balaban J connectivity index is 2.24. The van der Waals surface area contributed by atoms with Crippen LogP contribution in [-0.4, -0.2) is 29.7 Å². The van der Waals surface area contributed by atoms with Crippen LogP contribution in [0, 0.1) is 5.92 Å². The van der Waals surface area contributed by atoms with Gasteiger partial charge in [-0.15, -0.1) is 0 Å². The van der Waals surface area contributed by atoms with Gasteiger partial charge in [-0.3, -0.25) is 4.79 Å². The van der Waals surface area contributed by atoms with Crippen LogP contribution >= 0.6 is 0 Å². The van der Waals surface area contributed by atoms with Crippen molar-refractivity contribution in [3.8, 4) is 0 Å². The van der Waals surface area contributed by atoms with E-state index >= 15 is 0 Å². The van der Waals surface area contributed by atoms with Crippen molar-refractivity contribution in [3.63, 3.8) is 0 Å². The molecule has 0 radical (unpaired) electrons. The molecular weight excluding hydrogens is 288 g/mol. The molecule has 0 spiro atoms. The first-order valence-corrected chi connectivity index (χ1v) is 8.90. The van der Waals surface area contributed by atoms with Crippen LogP contribution in [0.5, 0.6) is 0 Å². The molecule has 3 rings (SSSR count). The third kappa shape index (κ3) is 1.70. The Hall–Kier alpha value is -1.20. The molecule has 0 heterocycles. The number of benzene rings is 1. The Morgan fingerprint density at radius 3 is 2.43 bits per heavy atom. The van der Waals surface area contributed by atoms with E-state index in [9.17, 15) is 18.3 Å². The van der Waals surface area contributed by atoms with Crippen LogP contribution in [0.3, 0.4) is 0 Å². The number of Topliss-reactive ketones (excluding diaryl/α,β-unsaturated/α-hetero) is 1. The molecule has 0 bridgehead atoms. The molecule has 2 aliphatic rings. The van der Waals surface area contributed by atoms with Gasteiger partial charge in [-0.2, -0.15) is 0 Å². The van der Waals surface area contributed by atoms with Gasteiger partial charge in [0.05, 0.1) is 4.90 Å². The Labute approximate surface area is 125 Å². The minimum Gasteiger partial charge on any atom is -0.380 e. The molecule has 3 atom stereocenters. The molecule has 114 valence electrons. The minimum absolute atomic E-state index is 0.141. The number of ketones is 1. The maximum absolute atomic E-state index is 13.2. The zero-order chi connectivity index (χ0) is 15.3. The molecule has 2 fully saturated rings. The van der Waals surface area contributed by atoms with Crippen LogP contribution < -0.4 is 0 Å². The molecule has 2 aliphatic carbocycles. The molecule has 5 heteroatoms. The lowest BCUT2D eigenvalue weighted by molar-refractivity contribution is -0.138. The van der Waals surface area contributed by atoms with Gasteiger partial charge in [-0.05, 0) is 30.9 Å². The number of hydrogen-bond acceptors (Lipinski definition) is 4. The molecule has 0 saturated heterocycles. The van der Waals surface area contributed by atoms with Gasteiger partial charge in [0.25, 0.3) is 0 Å². The standard InChI is InChI=1S/C16H20O4S/c1-12-11-14(17)15(18)9-5-6-10-16(12,15)21(19,20)13-7-3-2-4-8-13/h2-4,7-8,12,18H,5-6,9-11H2,1H3/t12-,15+,16+/m1/s1. The van der Waals surface area contributed by atoms with Crippen molar-refractivity contribution in [2.24, 2.45) is 5.92 Å². The van der Waals surface area contributed by atoms with Gasteiger partial charge in [0.15, 0.2) is 15.6 Å². The highest BCUT2D eigenvalue weighted by atomic mass is 32.2. The van der Waals surface area contributed by atoms with E-state index in [-0.39, 0.29) is 29.4 Å². The largest absolute Gasteiger partial charge is 0.380 e. The highest BCUT2D eigenvalue weighted by Gasteiger charge is 2.70. The predicted molar refractivity (Wildman–Crippen MR) is 78.6 cm³/mol. The molecule has 0 aliphatic heterocycles. The number of aliphatic hydroxyl groups is 1. The van der Waals surface area contributed by atoms with Gasteiger partial charge in [-0.25, -0.2) is 8.42 Å². The first-order chi connectivity index (χ1) is 9.86. The van der Waals surface area contributed by atoms with Gasteiger partial charge < -0.3 is 5.11 Å². The quantitative estimate of drug-likeness (QED) is 0.908. The van der Waals surface area contributed by atoms with Gasteiger partial charge >= 0.3 is 0 Å². The zero-order valence-corrected chi connectivity index (χ0v) is 12.9. The van der Waals surface area contributed by atoms with Gasteiger partial charge in [0, 0.05) is 6.42 Å². The number of carbonyl (C=O) groups is 1. The Morgan fingerprint density at radius 1 is 1.14 bits per heavy atom. The normalized spacial score (nSPS) is 36.5. The molecular formula is C16H20O4S. The monoisotopic (exact) mass is 308 g/mol. The maximum Gasteiger partial charge on any atom is 0.187 e. The van der Waals surface area contributed by atoms with Crippen LogP contribution in [0.4, 0.5) is 0 Å². The lowest BCUT2D eigenvalue weighted by Crippen LogP contribution is -2.62. The van der Waals surface area contributed by atoms with E-state index in [1.54, 1.807) is 37.3 Å². The van der Waals surface area contributed by atoms with Crippen molar-refractivity contribution in [1.29, 1.82) is 0 Å². The van der Waals surface area contributed by atoms with Crippen molar-refractivity contribution in [3.05, 3.63) is 30.3 Å². The number of carbonyl (C=O) groups excluding carboxylic acids is 1. The van der Waals surface area contributed by atoms with Crippen LogP contribution in [0.2, 0.25) is 0 Å². The minimum atomic E-state index is -3.77. The average molecular weight is 308 g/mol. The summed E-state index contributed by atoms with van der Waals surface area (Å²) in [5, 5.41) is 11.0. The predicted octanol–water partition coefficient (Wildman–Crippen LogP) is 2.11. The highest BCUT2D eigenvalue weighted by Crippen LogP contribution is 2.56. The smallest absolute Gasteiger partial charge is 0.187 e. The average Bonchev–Trinajstić information content (AvgIpc) is 2.68. The van der Waals surface area contributed by atoms with E-state index in [2.05, 4.69) is 0 Å². The highest BCUT2D eigenvalue weighted by molar-refractivity contribution is 7.93. The summed E-state index contributed by atoms with van der Waals surface area (Å²) in [6.45, 7) is 1.78. The summed E-state index contributed by atoms with van der Waals surface area (Å²) >= 11 is 0. The van der Waals surface area contributed by atoms with Crippen LogP contribution in [0.1, 0.15) is 39.0 Å². The summed E-state index contributed by atoms with van der Waals surface area (Å²) in [6.07, 6.45) is 2.17. The molecule has 1 aromatic rings. The van der Waals surface area contributed by atoms with Gasteiger partial charge in [-0.1, -0.05) is 38.0 Å². The third-order valence-corrected chi connectivity index (χ3v) is 8.11. The summed E-state index contributed by atoms with van der Waals surface area (Å²) in [7, 11) is -3.77. The summed E-state index contributed by atoms with van der Waals surface area (Å²) in [4.78, 5) is 12.5. The van der Waals surface area contributed by atoms with Gasteiger partial charge in [0.1, 0.15) is 10.3 Å². The topological polar surface area (TPSA) is 71.4 Å². The van der Waals surface area contributed by atoms with Gasteiger partial charge in [0.2, 0.25) is 0 Å². The van der Waals surface area contributed by atoms with Crippen LogP contribution in [0.15, 0.2) is 35.2 Å². The van der Waals surface area contributed by atoms with E-state index in [1.165, 1.54) is 0 Å². The van der Waals surface area contributed by atoms with Crippen molar-refractivity contribution in [2.45, 2.75) is 54.3 Å². The maximum atomic E-state index is 13.2. The second-order valence-electron chi connectivity index (χ2n) is 6.30. The fourth-order valence-corrected chi connectivity index (χ4v) is 6.88. The molecule has 1 aromatic carbocycles. The van der Waals surface area contributed by atoms with Crippen molar-refractivity contribution >= 4 is 15.6 Å². The molecule has 0 amide bonds.